The normalized spacial score (nSPS) is 10.6. The van der Waals surface area contributed by atoms with E-state index in [9.17, 15) is 0 Å². The lowest BCUT2D eigenvalue weighted by molar-refractivity contribution is -0.00000530. The molecule has 0 fully saturated rings. The summed E-state index contributed by atoms with van der Waals surface area (Å²) in [6.45, 7) is 1.56. The van der Waals surface area contributed by atoms with Crippen LogP contribution in [-0.2, 0) is 13.6 Å². The Labute approximate surface area is 158 Å². The van der Waals surface area contributed by atoms with Gasteiger partial charge in [0.25, 0.3) is 0 Å². The molecule has 0 aliphatic heterocycles. The van der Waals surface area contributed by atoms with Gasteiger partial charge in [0.1, 0.15) is 11.5 Å². The molecule has 0 bridgehead atoms. The molecule has 2 heterocycles. The molecule has 3 aromatic rings. The van der Waals surface area contributed by atoms with Gasteiger partial charge < -0.3 is 22.1 Å². The van der Waals surface area contributed by atoms with E-state index in [0.717, 1.165) is 39.0 Å². The first-order valence-corrected chi connectivity index (χ1v) is 8.91. The molecule has 0 aliphatic rings. The molecular formula is C15H16BrClN5OS-. The molecule has 0 saturated heterocycles. The summed E-state index contributed by atoms with van der Waals surface area (Å²) < 4.78 is 8.59. The standard InChI is InChI=1S/C15H16BrN5OS.ClH/c1-21-15(18-19-20-21)23-9-8-17-10-13-6-7-14(22-13)11-2-4-12(16)5-3-11;/h2-7,17H,8-10H2,1H3;1H/p-1. The van der Waals surface area contributed by atoms with Gasteiger partial charge in [0.05, 0.1) is 6.54 Å². The van der Waals surface area contributed by atoms with E-state index in [-0.39, 0.29) is 12.4 Å². The quantitative estimate of drug-likeness (QED) is 0.425. The summed E-state index contributed by atoms with van der Waals surface area (Å²) in [5, 5.41) is 15.5. The molecule has 9 heteroatoms. The first-order chi connectivity index (χ1) is 11.2. The third-order valence-corrected chi connectivity index (χ3v) is 4.72. The summed E-state index contributed by atoms with van der Waals surface area (Å²) >= 11 is 5.06. The van der Waals surface area contributed by atoms with Crippen LogP contribution in [0.25, 0.3) is 11.3 Å². The molecule has 1 aromatic carbocycles. The van der Waals surface area contributed by atoms with Crippen LogP contribution < -0.4 is 17.7 Å². The monoisotopic (exact) mass is 428 g/mol. The number of hydrogen-bond donors (Lipinski definition) is 1. The van der Waals surface area contributed by atoms with Crippen LogP contribution in [0.2, 0.25) is 0 Å². The number of thioether (sulfide) groups is 1. The minimum absolute atomic E-state index is 0. The van der Waals surface area contributed by atoms with E-state index in [0.29, 0.717) is 6.54 Å². The number of rotatable bonds is 7. The van der Waals surface area contributed by atoms with Crippen LogP contribution in [0.1, 0.15) is 5.76 Å². The number of halogens is 2. The number of furan rings is 1. The van der Waals surface area contributed by atoms with E-state index >= 15 is 0 Å². The maximum Gasteiger partial charge on any atom is 0.209 e. The van der Waals surface area contributed by atoms with E-state index in [2.05, 4.69) is 36.8 Å². The number of hydrogen-bond acceptors (Lipinski definition) is 6. The van der Waals surface area contributed by atoms with Crippen LogP contribution in [0.3, 0.4) is 0 Å². The van der Waals surface area contributed by atoms with Crippen LogP contribution >= 0.6 is 27.7 Å². The summed E-state index contributed by atoms with van der Waals surface area (Å²) in [7, 11) is 1.84. The molecule has 0 aliphatic carbocycles. The number of benzene rings is 1. The van der Waals surface area contributed by atoms with Crippen molar-refractivity contribution >= 4 is 27.7 Å². The molecule has 0 spiro atoms. The van der Waals surface area contributed by atoms with E-state index in [4.69, 9.17) is 4.42 Å². The fourth-order valence-corrected chi connectivity index (χ4v) is 3.02. The second kappa shape index (κ2) is 9.22. The van der Waals surface area contributed by atoms with Crippen molar-refractivity contribution in [2.45, 2.75) is 11.7 Å². The molecular weight excluding hydrogens is 414 g/mol. The van der Waals surface area contributed by atoms with E-state index in [1.807, 2.05) is 43.4 Å². The number of aryl methyl sites for hydroxylation is 1. The van der Waals surface area contributed by atoms with Crippen molar-refractivity contribution in [3.8, 4) is 11.3 Å². The van der Waals surface area contributed by atoms with E-state index in [1.54, 1.807) is 16.4 Å². The maximum absolute atomic E-state index is 5.86. The molecule has 0 atom stereocenters. The SMILES string of the molecule is Cn1nnnc1SCCNCc1ccc(-c2ccc(Br)cc2)o1.[Cl-]. The van der Waals surface area contributed by atoms with Gasteiger partial charge in [-0.05, 0) is 34.7 Å². The van der Waals surface area contributed by atoms with Gasteiger partial charge in [-0.1, -0.05) is 39.8 Å². The van der Waals surface area contributed by atoms with Gasteiger partial charge in [-0.15, -0.1) is 5.10 Å². The highest BCUT2D eigenvalue weighted by Crippen LogP contribution is 2.23. The van der Waals surface area contributed by atoms with Crippen LogP contribution in [0, 0.1) is 0 Å². The predicted molar refractivity (Wildman–Crippen MR) is 93.1 cm³/mol. The van der Waals surface area contributed by atoms with Crippen LogP contribution in [0.15, 0.2) is 50.4 Å². The van der Waals surface area contributed by atoms with E-state index < -0.39 is 0 Å². The van der Waals surface area contributed by atoms with Crippen molar-refractivity contribution in [2.75, 3.05) is 12.3 Å². The number of aromatic nitrogens is 4. The molecule has 0 amide bonds. The molecule has 0 unspecified atom stereocenters. The summed E-state index contributed by atoms with van der Waals surface area (Å²) in [5.41, 5.74) is 1.07. The lowest BCUT2D eigenvalue weighted by Crippen LogP contribution is -3.00. The first-order valence-electron chi connectivity index (χ1n) is 7.13. The third kappa shape index (κ3) is 5.07. The summed E-state index contributed by atoms with van der Waals surface area (Å²) in [6, 6.07) is 12.1. The van der Waals surface area contributed by atoms with E-state index in [1.165, 1.54) is 0 Å². The number of nitrogens with zero attached hydrogens (tertiary/aromatic N) is 4. The summed E-state index contributed by atoms with van der Waals surface area (Å²) in [4.78, 5) is 0. The van der Waals surface area contributed by atoms with Crippen molar-refractivity contribution in [3.63, 3.8) is 0 Å². The maximum atomic E-state index is 5.86. The van der Waals surface area contributed by atoms with Gasteiger partial charge >= 0.3 is 0 Å². The molecule has 0 saturated carbocycles. The van der Waals surface area contributed by atoms with Crippen LogP contribution in [0.4, 0.5) is 0 Å². The Kier molecular flexibility index (Phi) is 7.29. The highest BCUT2D eigenvalue weighted by atomic mass is 79.9. The largest absolute Gasteiger partial charge is 1.00 e. The average Bonchev–Trinajstić information content (AvgIpc) is 3.17. The number of nitrogens with one attached hydrogen (secondary N) is 1. The van der Waals surface area contributed by atoms with Gasteiger partial charge in [0.15, 0.2) is 0 Å². The van der Waals surface area contributed by atoms with Crippen molar-refractivity contribution in [1.82, 2.24) is 25.5 Å². The summed E-state index contributed by atoms with van der Waals surface area (Å²) in [5.74, 6) is 2.70. The zero-order valence-electron chi connectivity index (χ0n) is 12.9. The summed E-state index contributed by atoms with van der Waals surface area (Å²) in [6.07, 6.45) is 0. The average molecular weight is 430 g/mol. The van der Waals surface area contributed by atoms with Gasteiger partial charge in [-0.3, -0.25) is 0 Å². The molecule has 128 valence electrons. The third-order valence-electron chi connectivity index (χ3n) is 3.18. The van der Waals surface area contributed by atoms with Crippen molar-refractivity contribution in [3.05, 3.63) is 46.6 Å². The first kappa shape index (κ1) is 19.0. The fourth-order valence-electron chi connectivity index (χ4n) is 2.01. The smallest absolute Gasteiger partial charge is 0.209 e. The zero-order chi connectivity index (χ0) is 16.1. The van der Waals surface area contributed by atoms with Crippen LogP contribution in [-0.4, -0.2) is 32.5 Å². The van der Waals surface area contributed by atoms with Crippen molar-refractivity contribution < 1.29 is 16.8 Å². The lowest BCUT2D eigenvalue weighted by Gasteiger charge is -2.02. The van der Waals surface area contributed by atoms with Gasteiger partial charge in [0, 0.05) is 29.4 Å². The molecule has 2 aromatic heterocycles. The Balaban J connectivity index is 0.00000208. The Hall–Kier alpha value is -1.35. The Morgan fingerprint density at radius 3 is 2.71 bits per heavy atom. The molecule has 24 heavy (non-hydrogen) atoms. The lowest BCUT2D eigenvalue weighted by atomic mass is 10.2. The predicted octanol–water partition coefficient (Wildman–Crippen LogP) is 0.118. The highest BCUT2D eigenvalue weighted by Gasteiger charge is 2.05. The molecule has 3 rings (SSSR count). The van der Waals surface area contributed by atoms with Crippen molar-refractivity contribution in [2.24, 2.45) is 7.05 Å². The second-order valence-electron chi connectivity index (χ2n) is 4.88. The van der Waals surface area contributed by atoms with Crippen LogP contribution in [0.5, 0.6) is 0 Å². The van der Waals surface area contributed by atoms with Gasteiger partial charge in [-0.2, -0.15) is 0 Å². The Morgan fingerprint density at radius 2 is 2.00 bits per heavy atom. The zero-order valence-corrected chi connectivity index (χ0v) is 16.1. The van der Waals surface area contributed by atoms with Crippen molar-refractivity contribution in [1.29, 1.82) is 0 Å². The van der Waals surface area contributed by atoms with Gasteiger partial charge in [-0.25, -0.2) is 4.68 Å². The Morgan fingerprint density at radius 1 is 1.21 bits per heavy atom. The molecule has 1 N–H and O–H groups in total. The number of tetrazole rings is 1. The minimum Gasteiger partial charge on any atom is -1.00 e. The fraction of sp³-hybridized carbons (Fsp3) is 0.267. The second-order valence-corrected chi connectivity index (χ2v) is 6.86. The highest BCUT2D eigenvalue weighted by molar-refractivity contribution is 9.10. The molecule has 0 radical (unpaired) electrons. The topological polar surface area (TPSA) is 68.8 Å². The van der Waals surface area contributed by atoms with Gasteiger partial charge in [0.2, 0.25) is 5.16 Å². The Bertz CT molecular complexity index is 761. The molecule has 6 nitrogen and oxygen atoms in total. The minimum atomic E-state index is 0.